The Morgan fingerprint density at radius 3 is 1.37 bits per heavy atom. The van der Waals surface area contributed by atoms with Gasteiger partial charge in [0.15, 0.2) is 5.75 Å². The summed E-state index contributed by atoms with van der Waals surface area (Å²) in [7, 11) is 0. The minimum Gasteiger partial charge on any atom is -0.505 e. The number of phenols is 1. The third-order valence-electron chi connectivity index (χ3n) is 1.99. The van der Waals surface area contributed by atoms with Gasteiger partial charge in [0, 0.05) is 5.69 Å². The topological polar surface area (TPSA) is 46.2 Å². The summed E-state index contributed by atoms with van der Waals surface area (Å²) in [6.07, 6.45) is 0. The van der Waals surface area contributed by atoms with Gasteiger partial charge < -0.3 is 10.8 Å². The molecule has 0 saturated heterocycles. The van der Waals surface area contributed by atoms with Crippen molar-refractivity contribution < 1.29 is 5.11 Å². The molecule has 102 valence electrons. The molecule has 2 aromatic rings. The number of nitrogen functional groups attached to an aromatic ring is 1. The Kier molecular flexibility index (Phi) is 6.37. The molecule has 0 unspecified atom stereocenters. The number of phenolic OH excluding ortho intramolecular Hbond substituents is 1. The summed E-state index contributed by atoms with van der Waals surface area (Å²) in [6, 6.07) is 9.49. The molecule has 0 aliphatic heterocycles. The second-order valence-corrected chi connectivity index (χ2v) is 5.22. The summed E-state index contributed by atoms with van der Waals surface area (Å²) in [5, 5.41) is 9.01. The Labute approximate surface area is 135 Å². The van der Waals surface area contributed by atoms with E-state index in [1.165, 1.54) is 0 Å². The van der Waals surface area contributed by atoms with Crippen molar-refractivity contribution in [2.24, 2.45) is 0 Å². The summed E-state index contributed by atoms with van der Waals surface area (Å²) >= 11 is 27.9. The van der Waals surface area contributed by atoms with Crippen molar-refractivity contribution in [1.82, 2.24) is 0 Å². The summed E-state index contributed by atoms with van der Waals surface area (Å²) in [6.45, 7) is 0. The van der Waals surface area contributed by atoms with Crippen molar-refractivity contribution in [3.05, 3.63) is 55.4 Å². The van der Waals surface area contributed by atoms with Crippen LogP contribution < -0.4 is 5.73 Å². The van der Waals surface area contributed by atoms with Gasteiger partial charge in [-0.1, -0.05) is 76.2 Å². The van der Waals surface area contributed by atoms with E-state index in [9.17, 15) is 5.11 Å². The maximum Gasteiger partial charge on any atom is 0.155 e. The van der Waals surface area contributed by atoms with Crippen LogP contribution in [0.25, 0.3) is 0 Å². The molecule has 2 nitrogen and oxygen atoms in total. The van der Waals surface area contributed by atoms with Crippen LogP contribution in [0.15, 0.2) is 30.3 Å². The molecule has 0 heterocycles. The Morgan fingerprint density at radius 1 is 0.684 bits per heavy atom. The zero-order valence-electron chi connectivity index (χ0n) is 9.30. The van der Waals surface area contributed by atoms with Crippen LogP contribution in [0, 0.1) is 0 Å². The highest BCUT2D eigenvalue weighted by atomic mass is 35.5. The van der Waals surface area contributed by atoms with Crippen molar-refractivity contribution in [3.63, 3.8) is 0 Å². The number of anilines is 1. The van der Waals surface area contributed by atoms with E-state index < -0.39 is 0 Å². The van der Waals surface area contributed by atoms with E-state index in [0.29, 0.717) is 0 Å². The average molecular weight is 359 g/mol. The van der Waals surface area contributed by atoms with E-state index in [2.05, 4.69) is 0 Å². The van der Waals surface area contributed by atoms with Crippen molar-refractivity contribution in [2.45, 2.75) is 0 Å². The molecule has 0 aliphatic rings. The molecule has 0 bridgehead atoms. The van der Waals surface area contributed by atoms with Crippen molar-refractivity contribution in [3.8, 4) is 5.75 Å². The first-order chi connectivity index (χ1) is 8.86. The van der Waals surface area contributed by atoms with Crippen molar-refractivity contribution in [1.29, 1.82) is 0 Å². The SMILES string of the molecule is Nc1ccccc1.Oc1c(Cl)c(Cl)c(Cl)c(Cl)c1Cl. The predicted molar refractivity (Wildman–Crippen MR) is 84.0 cm³/mol. The predicted octanol–water partition coefficient (Wildman–Crippen LogP) is 5.93. The fourth-order valence-electron chi connectivity index (χ4n) is 1.05. The van der Waals surface area contributed by atoms with E-state index in [1.54, 1.807) is 0 Å². The molecular formula is C12H8Cl5NO. The third kappa shape index (κ3) is 4.23. The first-order valence-electron chi connectivity index (χ1n) is 4.87. The van der Waals surface area contributed by atoms with Crippen LogP contribution in [-0.4, -0.2) is 5.11 Å². The molecular weight excluding hydrogens is 351 g/mol. The molecule has 2 rings (SSSR count). The van der Waals surface area contributed by atoms with E-state index in [-0.39, 0.29) is 30.9 Å². The molecule has 3 N–H and O–H groups in total. The second-order valence-electron chi connectivity index (χ2n) is 3.33. The second kappa shape index (κ2) is 7.32. The van der Waals surface area contributed by atoms with Gasteiger partial charge in [-0.05, 0) is 12.1 Å². The van der Waals surface area contributed by atoms with E-state index in [0.717, 1.165) is 5.69 Å². The monoisotopic (exact) mass is 357 g/mol. The molecule has 0 saturated carbocycles. The maximum absolute atomic E-state index is 9.20. The average Bonchev–Trinajstić information content (AvgIpc) is 2.42. The van der Waals surface area contributed by atoms with Crippen LogP contribution in [0.1, 0.15) is 0 Å². The van der Waals surface area contributed by atoms with Gasteiger partial charge in [-0.25, -0.2) is 0 Å². The van der Waals surface area contributed by atoms with Crippen molar-refractivity contribution >= 4 is 63.7 Å². The summed E-state index contributed by atoms with van der Waals surface area (Å²) in [4.78, 5) is 0. The quantitative estimate of drug-likeness (QED) is 0.348. The van der Waals surface area contributed by atoms with Crippen molar-refractivity contribution in [2.75, 3.05) is 5.73 Å². The van der Waals surface area contributed by atoms with Gasteiger partial charge in [0.1, 0.15) is 10.0 Å². The minimum absolute atomic E-state index is 0.00904. The number of hydrogen-bond acceptors (Lipinski definition) is 2. The number of nitrogens with two attached hydrogens (primary N) is 1. The third-order valence-corrected chi connectivity index (χ3v) is 4.24. The van der Waals surface area contributed by atoms with Crippen LogP contribution in [-0.2, 0) is 0 Å². The lowest BCUT2D eigenvalue weighted by molar-refractivity contribution is 0.476. The highest BCUT2D eigenvalue weighted by Gasteiger charge is 2.18. The Morgan fingerprint density at radius 2 is 1.05 bits per heavy atom. The fourth-order valence-corrected chi connectivity index (χ4v) is 2.17. The van der Waals surface area contributed by atoms with Gasteiger partial charge in [0.25, 0.3) is 0 Å². The zero-order chi connectivity index (χ0) is 14.6. The summed E-state index contributed by atoms with van der Waals surface area (Å²) in [5.74, 6) is -0.363. The highest BCUT2D eigenvalue weighted by molar-refractivity contribution is 6.55. The van der Waals surface area contributed by atoms with Gasteiger partial charge in [-0.15, -0.1) is 0 Å². The van der Waals surface area contributed by atoms with Gasteiger partial charge >= 0.3 is 0 Å². The zero-order valence-corrected chi connectivity index (χ0v) is 13.1. The lowest BCUT2D eigenvalue weighted by Gasteiger charge is -2.06. The van der Waals surface area contributed by atoms with Crippen LogP contribution >= 0.6 is 58.0 Å². The van der Waals surface area contributed by atoms with E-state index in [1.807, 2.05) is 30.3 Å². The first kappa shape index (κ1) is 16.5. The smallest absolute Gasteiger partial charge is 0.155 e. The van der Waals surface area contributed by atoms with E-state index >= 15 is 0 Å². The number of hydrogen-bond donors (Lipinski definition) is 2. The number of para-hydroxylation sites is 1. The largest absolute Gasteiger partial charge is 0.505 e. The van der Waals surface area contributed by atoms with Crippen LogP contribution in [0.5, 0.6) is 5.75 Å². The van der Waals surface area contributed by atoms with Crippen LogP contribution in [0.4, 0.5) is 5.69 Å². The molecule has 2 aromatic carbocycles. The molecule has 0 fully saturated rings. The van der Waals surface area contributed by atoms with E-state index in [4.69, 9.17) is 63.7 Å². The van der Waals surface area contributed by atoms with Crippen LogP contribution in [0.3, 0.4) is 0 Å². The van der Waals surface area contributed by atoms with Gasteiger partial charge in [0.05, 0.1) is 15.1 Å². The Hall–Kier alpha value is -0.510. The van der Waals surface area contributed by atoms with Gasteiger partial charge in [0.2, 0.25) is 0 Å². The molecule has 0 atom stereocenters. The summed E-state index contributed by atoms with van der Waals surface area (Å²) < 4.78 is 0. The standard InChI is InChI=1S/C6HCl5O.C6H7N/c7-1-2(8)4(10)6(12)5(11)3(1)9;7-6-4-2-1-3-5-6/h12H;1-5H,7H2. The normalized spacial score (nSPS) is 9.74. The molecule has 0 aliphatic carbocycles. The Balaban J connectivity index is 0.000000218. The fraction of sp³-hybridized carbons (Fsp3) is 0. The molecule has 0 radical (unpaired) electrons. The first-order valence-corrected chi connectivity index (χ1v) is 6.76. The molecule has 7 heteroatoms. The lowest BCUT2D eigenvalue weighted by Crippen LogP contribution is -1.79. The molecule has 0 amide bonds. The van der Waals surface area contributed by atoms with Gasteiger partial charge in [-0.3, -0.25) is 0 Å². The number of rotatable bonds is 0. The maximum atomic E-state index is 9.20. The van der Waals surface area contributed by atoms with Crippen LogP contribution in [0.2, 0.25) is 25.1 Å². The summed E-state index contributed by atoms with van der Waals surface area (Å²) in [5.41, 5.74) is 6.18. The number of benzene rings is 2. The molecule has 19 heavy (non-hydrogen) atoms. The lowest BCUT2D eigenvalue weighted by atomic mass is 10.3. The van der Waals surface area contributed by atoms with Gasteiger partial charge in [-0.2, -0.15) is 0 Å². The Bertz CT molecular complexity index is 469. The molecule has 0 aromatic heterocycles. The highest BCUT2D eigenvalue weighted by Crippen LogP contribution is 2.47. The number of halogens is 5. The minimum atomic E-state index is -0.363. The molecule has 0 spiro atoms. The number of aromatic hydroxyl groups is 1.